The van der Waals surface area contributed by atoms with Crippen molar-refractivity contribution in [3.05, 3.63) is 59.1 Å². The Labute approximate surface area is 189 Å². The Hall–Kier alpha value is -3.48. The number of fused-ring (bicyclic) bond motifs is 5. The van der Waals surface area contributed by atoms with Crippen molar-refractivity contribution in [1.29, 1.82) is 0 Å². The van der Waals surface area contributed by atoms with Gasteiger partial charge in [0.15, 0.2) is 11.5 Å². The molecule has 0 spiro atoms. The molecule has 2 aromatic carbocycles. The zero-order valence-corrected chi connectivity index (χ0v) is 14.2. The molecule has 1 aromatic heterocycles. The van der Waals surface area contributed by atoms with Crippen LogP contribution in [0.1, 0.15) is 44.8 Å². The summed E-state index contributed by atoms with van der Waals surface area (Å²) >= 11 is 0. The molecule has 7 heteroatoms. The number of piperazine rings is 1. The van der Waals surface area contributed by atoms with Crippen LogP contribution in [0.3, 0.4) is 0 Å². The average molecular weight is 406 g/mol. The third-order valence-electron chi connectivity index (χ3n) is 4.63. The van der Waals surface area contributed by atoms with Crippen molar-refractivity contribution in [2.24, 2.45) is 0 Å². The van der Waals surface area contributed by atoms with E-state index in [0.717, 1.165) is 0 Å². The zero-order chi connectivity index (χ0) is 33.7. The molecule has 3 aliphatic rings. The molecule has 1 N–H and O–H groups in total. The van der Waals surface area contributed by atoms with Crippen LogP contribution in [0.2, 0.25) is 0 Å². The molecule has 0 radical (unpaired) electrons. The molecule has 0 bridgehead atoms. The van der Waals surface area contributed by atoms with Gasteiger partial charge in [-0.05, 0) is 29.3 Å². The van der Waals surface area contributed by atoms with E-state index < -0.39 is 132 Å². The molecule has 29 heavy (non-hydrogen) atoms. The summed E-state index contributed by atoms with van der Waals surface area (Å²) in [6.07, 6.45) is -3.53. The number of aromatic amines is 1. The van der Waals surface area contributed by atoms with Gasteiger partial charge in [0, 0.05) is 36.8 Å². The smallest absolute Gasteiger partial charge is 0.245 e. The number of aromatic nitrogens is 1. The van der Waals surface area contributed by atoms with Crippen LogP contribution in [-0.2, 0) is 16.0 Å². The Balaban J connectivity index is 1.84. The van der Waals surface area contributed by atoms with Gasteiger partial charge in [-0.2, -0.15) is 0 Å². The molecule has 0 aliphatic carbocycles. The number of hydrogen-bond donors (Lipinski definition) is 1. The number of carbonyl (C=O) groups excluding carboxylic acids is 2. The zero-order valence-electron chi connectivity index (χ0n) is 30.2. The number of carbonyl (C=O) groups is 2. The van der Waals surface area contributed by atoms with Gasteiger partial charge in [-0.15, -0.1) is 0 Å². The normalized spacial score (nSPS) is 39.7. The fourth-order valence-corrected chi connectivity index (χ4v) is 3.39. The lowest BCUT2D eigenvalue weighted by Gasteiger charge is -2.46. The Morgan fingerprint density at radius 2 is 2.10 bits per heavy atom. The highest BCUT2D eigenvalue weighted by Gasteiger charge is 2.47. The van der Waals surface area contributed by atoms with Crippen LogP contribution >= 0.6 is 0 Å². The summed E-state index contributed by atoms with van der Waals surface area (Å²) in [6.45, 7) is -7.65. The maximum atomic E-state index is 13.9. The second-order valence-electron chi connectivity index (χ2n) is 6.26. The first kappa shape index (κ1) is 7.09. The quantitative estimate of drug-likeness (QED) is 0.674. The van der Waals surface area contributed by atoms with Crippen molar-refractivity contribution in [1.82, 2.24) is 14.8 Å². The number of para-hydroxylation sites is 1. The second kappa shape index (κ2) is 5.76. The molecule has 1 saturated heterocycles. The van der Waals surface area contributed by atoms with Crippen molar-refractivity contribution in [2.45, 2.75) is 18.4 Å². The third kappa shape index (κ3) is 2.24. The van der Waals surface area contributed by atoms with E-state index in [-0.39, 0.29) is 9.80 Å². The van der Waals surface area contributed by atoms with Crippen molar-refractivity contribution in [2.75, 3.05) is 20.3 Å². The maximum Gasteiger partial charge on any atom is 0.245 e. The highest BCUT2D eigenvalue weighted by atomic mass is 16.7. The molecule has 2 amide bonds. The van der Waals surface area contributed by atoms with E-state index in [1.165, 1.54) is 0 Å². The van der Waals surface area contributed by atoms with E-state index >= 15 is 0 Å². The molecule has 1 fully saturated rings. The van der Waals surface area contributed by atoms with Crippen molar-refractivity contribution in [3.63, 3.8) is 0 Å². The minimum absolute atomic E-state index is 0.0143. The van der Waals surface area contributed by atoms with E-state index in [9.17, 15) is 12.3 Å². The van der Waals surface area contributed by atoms with Crippen LogP contribution in [0.25, 0.3) is 10.9 Å². The number of rotatable bonds is 1. The Kier molecular flexibility index (Phi) is 1.41. The highest BCUT2D eigenvalue weighted by molar-refractivity contribution is 5.97. The van der Waals surface area contributed by atoms with Crippen molar-refractivity contribution in [3.8, 4) is 11.5 Å². The Bertz CT molecular complexity index is 1910. The number of amides is 2. The van der Waals surface area contributed by atoms with Gasteiger partial charge in [0.25, 0.3) is 0 Å². The molecule has 6 rings (SSSR count). The van der Waals surface area contributed by atoms with E-state index in [0.29, 0.717) is 0 Å². The van der Waals surface area contributed by atoms with Gasteiger partial charge in [0.1, 0.15) is 8.76 Å². The summed E-state index contributed by atoms with van der Waals surface area (Å²) in [6, 6.07) is -13.5. The van der Waals surface area contributed by atoms with Crippen LogP contribution in [0.5, 0.6) is 11.5 Å². The number of nitrogens with one attached hydrogen (secondary N) is 1. The molecule has 146 valence electrons. The minimum Gasteiger partial charge on any atom is -0.454 e. The van der Waals surface area contributed by atoms with Crippen molar-refractivity contribution >= 4 is 22.7 Å². The predicted octanol–water partition coefficient (Wildman–Crippen LogP) is 2.21. The average Bonchev–Trinajstić information content (AvgIpc) is 3.49. The second-order valence-corrected chi connectivity index (χ2v) is 6.26. The summed E-state index contributed by atoms with van der Waals surface area (Å²) < 4.78 is 145. The maximum absolute atomic E-state index is 13.9. The molecule has 0 unspecified atom stereocenters. The fourth-order valence-electron chi connectivity index (χ4n) is 3.39. The SMILES string of the molecule is [2H]c1c([2H])c([C@]2([2H])c3[nH]c4c([2H])c([2H])c([2H])c([2H])c4c3C([2H])([2H])[C@]3([2H])C(=O)N(C([2H])([2H])[2H])CC(=O)N23)c([2H])c2c1OC([2H])([2H])O2. The summed E-state index contributed by atoms with van der Waals surface area (Å²) in [5, 5.41) is -0.656. The topological polar surface area (TPSA) is 74.9 Å². The highest BCUT2D eigenvalue weighted by Crippen LogP contribution is 2.44. The molecule has 3 aliphatic heterocycles. The first-order valence-corrected chi connectivity index (χ1v) is 8.26. The summed E-state index contributed by atoms with van der Waals surface area (Å²) in [5.41, 5.74) is -3.32. The number of likely N-dealkylation sites (N-methyl/N-ethyl adjacent to an activating group) is 1. The van der Waals surface area contributed by atoms with Gasteiger partial charge in [0.2, 0.25) is 18.6 Å². The van der Waals surface area contributed by atoms with E-state index in [4.69, 9.17) is 28.7 Å². The monoisotopic (exact) mass is 405 g/mol. The summed E-state index contributed by atoms with van der Waals surface area (Å²) in [5.74, 6) is -4.89. The van der Waals surface area contributed by atoms with E-state index in [2.05, 4.69) is 4.98 Å². The standard InChI is InChI=1S/C22H19N3O4/c1-24-10-19(26)25-16(22(24)27)9-14-13-4-2-3-5-15(13)23-20(14)21(25)12-6-7-17-18(8-12)29-11-28-17/h2-8,16,21,23H,9-11H2,1H3/t16-,21-/m1/s1/i1D3,2D,3D,4D,5D,6D,7D,8D,9D2,11D2,16D,21D. The molecule has 4 heterocycles. The fraction of sp³-hybridized carbons (Fsp3) is 0.273. The number of benzene rings is 2. The molecule has 3 aromatic rings. The molecule has 7 nitrogen and oxygen atoms in total. The van der Waals surface area contributed by atoms with Crippen LogP contribution in [0.4, 0.5) is 0 Å². The van der Waals surface area contributed by atoms with Gasteiger partial charge in [-0.1, -0.05) is 24.2 Å². The molecule has 2 atom stereocenters. The minimum atomic E-state index is -3.72. The number of H-pyrrole nitrogens is 1. The largest absolute Gasteiger partial charge is 0.454 e. The van der Waals surface area contributed by atoms with Crippen molar-refractivity contribution < 1.29 is 41.0 Å². The van der Waals surface area contributed by atoms with Crippen LogP contribution in [-0.4, -0.2) is 52.9 Å². The van der Waals surface area contributed by atoms with Gasteiger partial charge in [-0.3, -0.25) is 9.59 Å². The molecular weight excluding hydrogens is 370 g/mol. The van der Waals surface area contributed by atoms with E-state index in [1.54, 1.807) is 0 Å². The van der Waals surface area contributed by atoms with Crippen LogP contribution in [0, 0.1) is 0 Å². The molecular formula is C22H19N3O4. The Morgan fingerprint density at radius 3 is 3.00 bits per heavy atom. The first-order valence-electron chi connectivity index (χ1n) is 16.3. The number of nitrogens with zero attached hydrogens (tertiary/aromatic N) is 2. The van der Waals surface area contributed by atoms with Gasteiger partial charge < -0.3 is 24.3 Å². The van der Waals surface area contributed by atoms with Gasteiger partial charge in [-0.25, -0.2) is 0 Å². The molecule has 0 saturated carbocycles. The number of ether oxygens (including phenoxy) is 2. The third-order valence-corrected chi connectivity index (χ3v) is 4.63. The van der Waals surface area contributed by atoms with Gasteiger partial charge >= 0.3 is 0 Å². The van der Waals surface area contributed by atoms with Gasteiger partial charge in [0.05, 0.1) is 24.9 Å². The lowest BCUT2D eigenvalue weighted by molar-refractivity contribution is -0.157. The van der Waals surface area contributed by atoms with Crippen LogP contribution in [0.15, 0.2) is 42.3 Å². The Morgan fingerprint density at radius 1 is 1.24 bits per heavy atom. The first-order chi connectivity index (χ1) is 20.5. The number of hydrogen-bond acceptors (Lipinski definition) is 4. The lowest BCUT2D eigenvalue weighted by atomic mass is 9.86. The summed E-state index contributed by atoms with van der Waals surface area (Å²) in [4.78, 5) is 30.3. The predicted molar refractivity (Wildman–Crippen MR) is 105 cm³/mol. The van der Waals surface area contributed by atoms with E-state index in [1.807, 2.05) is 0 Å². The lowest BCUT2D eigenvalue weighted by Crippen LogP contribution is -2.62. The van der Waals surface area contributed by atoms with Crippen LogP contribution < -0.4 is 9.47 Å². The summed E-state index contributed by atoms with van der Waals surface area (Å²) in [7, 11) is 0.